The Morgan fingerprint density at radius 2 is 1.35 bits per heavy atom. The Morgan fingerprint density at radius 3 is 1.80 bits per heavy atom. The number of hydrogen-bond acceptors (Lipinski definition) is 2. The first-order valence-electron chi connectivity index (χ1n) is 7.80. The topological polar surface area (TPSA) is 57.5 Å². The Balaban J connectivity index is 0. The molecule has 20 heavy (non-hydrogen) atoms. The monoisotopic (exact) mass is 284 g/mol. The molecule has 0 heterocycles. The minimum Gasteiger partial charge on any atom is -0.516 e. The maximum Gasteiger partial charge on any atom is 0.300 e. The van der Waals surface area contributed by atoms with Crippen molar-refractivity contribution in [2.75, 3.05) is 0 Å². The van der Waals surface area contributed by atoms with E-state index in [0.717, 1.165) is 19.6 Å². The first-order chi connectivity index (χ1) is 9.65. The summed E-state index contributed by atoms with van der Waals surface area (Å²) in [6.07, 6.45) is 20.3. The number of allylic oxidation sites excluding steroid dienone is 3. The predicted octanol–water partition coefficient (Wildman–Crippen LogP) is 5.63. The van der Waals surface area contributed by atoms with Crippen LogP contribution in [0.4, 0.5) is 0 Å². The zero-order chi connectivity index (χ0) is 15.5. The second-order valence-electron chi connectivity index (χ2n) is 4.91. The molecule has 3 nitrogen and oxygen atoms in total. The summed E-state index contributed by atoms with van der Waals surface area (Å²) in [7, 11) is 0. The fourth-order valence-electron chi connectivity index (χ4n) is 1.80. The Labute approximate surface area is 124 Å². The van der Waals surface area contributed by atoms with Crippen LogP contribution in [-0.4, -0.2) is 16.2 Å². The van der Waals surface area contributed by atoms with Crippen molar-refractivity contribution in [2.24, 2.45) is 0 Å². The van der Waals surface area contributed by atoms with E-state index in [2.05, 4.69) is 13.0 Å². The second kappa shape index (κ2) is 20.1. The van der Waals surface area contributed by atoms with Crippen LogP contribution in [0, 0.1) is 0 Å². The normalized spacial score (nSPS) is 10.7. The standard InChI is InChI=1S/C15H28O.C2H4O2/c1-2-3-4-5-6-7-8-9-10-11-12-13-14-15-16;1-2(3)4/h12-16H,2-11H2,1H3;1H3,(H,3,4). The summed E-state index contributed by atoms with van der Waals surface area (Å²) in [6.45, 7) is 3.35. The molecule has 0 aliphatic carbocycles. The number of rotatable bonds is 11. The van der Waals surface area contributed by atoms with E-state index >= 15 is 0 Å². The van der Waals surface area contributed by atoms with Crippen molar-refractivity contribution in [2.45, 2.75) is 78.1 Å². The van der Waals surface area contributed by atoms with Crippen LogP contribution in [0.1, 0.15) is 78.1 Å². The average molecular weight is 284 g/mol. The second-order valence-corrected chi connectivity index (χ2v) is 4.91. The van der Waals surface area contributed by atoms with E-state index in [0.29, 0.717) is 0 Å². The lowest BCUT2D eigenvalue weighted by molar-refractivity contribution is -0.134. The Hall–Kier alpha value is -1.25. The molecular weight excluding hydrogens is 252 g/mol. The van der Waals surface area contributed by atoms with Gasteiger partial charge in [0.05, 0.1) is 6.26 Å². The molecule has 0 saturated heterocycles. The van der Waals surface area contributed by atoms with Crippen LogP contribution in [0.5, 0.6) is 0 Å². The van der Waals surface area contributed by atoms with Gasteiger partial charge in [-0.25, -0.2) is 0 Å². The van der Waals surface area contributed by atoms with Crippen molar-refractivity contribution in [3.8, 4) is 0 Å². The number of unbranched alkanes of at least 4 members (excludes halogenated alkanes) is 9. The van der Waals surface area contributed by atoms with E-state index in [-0.39, 0.29) is 0 Å². The SMILES string of the molecule is CC(=O)O.CCCCCCCCCCCC=CC=CO. The Bertz CT molecular complexity index is 241. The highest BCUT2D eigenvalue weighted by Crippen LogP contribution is 2.10. The molecule has 0 fully saturated rings. The molecule has 0 aromatic heterocycles. The fraction of sp³-hybridized carbons (Fsp3) is 0.706. The van der Waals surface area contributed by atoms with E-state index in [1.165, 1.54) is 57.8 Å². The maximum absolute atomic E-state index is 9.00. The fourth-order valence-corrected chi connectivity index (χ4v) is 1.80. The maximum atomic E-state index is 9.00. The van der Waals surface area contributed by atoms with Gasteiger partial charge in [0.25, 0.3) is 5.97 Å². The smallest absolute Gasteiger partial charge is 0.300 e. The summed E-state index contributed by atoms with van der Waals surface area (Å²) in [4.78, 5) is 9.00. The van der Waals surface area contributed by atoms with Gasteiger partial charge < -0.3 is 10.2 Å². The van der Waals surface area contributed by atoms with E-state index in [9.17, 15) is 0 Å². The highest BCUT2D eigenvalue weighted by Gasteiger charge is 1.90. The van der Waals surface area contributed by atoms with E-state index < -0.39 is 5.97 Å². The number of carboxylic acid groups (broad SMARTS) is 1. The van der Waals surface area contributed by atoms with Crippen LogP contribution in [-0.2, 0) is 4.79 Å². The van der Waals surface area contributed by atoms with Gasteiger partial charge in [-0.2, -0.15) is 0 Å². The molecule has 0 unspecified atom stereocenters. The third kappa shape index (κ3) is 30.1. The molecule has 0 rings (SSSR count). The lowest BCUT2D eigenvalue weighted by atomic mass is 10.1. The number of hydrogen-bond donors (Lipinski definition) is 2. The van der Waals surface area contributed by atoms with E-state index in [1.54, 1.807) is 6.08 Å². The lowest BCUT2D eigenvalue weighted by Crippen LogP contribution is -1.80. The zero-order valence-electron chi connectivity index (χ0n) is 13.2. The first kappa shape index (κ1) is 21.1. The van der Waals surface area contributed by atoms with Crippen molar-refractivity contribution in [3.05, 3.63) is 24.5 Å². The molecular formula is C17H32O3. The van der Waals surface area contributed by atoms with Crippen LogP contribution < -0.4 is 0 Å². The zero-order valence-corrected chi connectivity index (χ0v) is 13.2. The van der Waals surface area contributed by atoms with Gasteiger partial charge in [-0.05, 0) is 18.9 Å². The third-order valence-corrected chi connectivity index (χ3v) is 2.81. The molecule has 0 atom stereocenters. The summed E-state index contributed by atoms with van der Waals surface area (Å²) in [5.41, 5.74) is 0. The number of carbonyl (C=O) groups is 1. The first-order valence-corrected chi connectivity index (χ1v) is 7.80. The van der Waals surface area contributed by atoms with Gasteiger partial charge in [0.1, 0.15) is 0 Å². The number of aliphatic hydroxyl groups excluding tert-OH is 1. The van der Waals surface area contributed by atoms with Crippen molar-refractivity contribution in [1.82, 2.24) is 0 Å². The summed E-state index contributed by atoms with van der Waals surface area (Å²) in [5.74, 6) is -0.833. The third-order valence-electron chi connectivity index (χ3n) is 2.81. The van der Waals surface area contributed by atoms with Gasteiger partial charge in [0.15, 0.2) is 0 Å². The molecule has 0 aliphatic heterocycles. The van der Waals surface area contributed by atoms with Crippen LogP contribution >= 0.6 is 0 Å². The van der Waals surface area contributed by atoms with Gasteiger partial charge in [-0.3, -0.25) is 4.79 Å². The molecule has 118 valence electrons. The molecule has 0 aliphatic rings. The van der Waals surface area contributed by atoms with Crippen LogP contribution in [0.25, 0.3) is 0 Å². The van der Waals surface area contributed by atoms with Crippen molar-refractivity contribution < 1.29 is 15.0 Å². The summed E-state index contributed by atoms with van der Waals surface area (Å²) < 4.78 is 0. The average Bonchev–Trinajstić information content (AvgIpc) is 2.39. The molecule has 3 heteroatoms. The predicted molar refractivity (Wildman–Crippen MR) is 86.1 cm³/mol. The van der Waals surface area contributed by atoms with Gasteiger partial charge in [-0.15, -0.1) is 0 Å². The molecule has 0 spiro atoms. The van der Waals surface area contributed by atoms with E-state index in [4.69, 9.17) is 15.0 Å². The van der Waals surface area contributed by atoms with E-state index in [1.807, 2.05) is 6.08 Å². The number of carboxylic acids is 1. The quantitative estimate of drug-likeness (QED) is 0.294. The Morgan fingerprint density at radius 1 is 0.900 bits per heavy atom. The van der Waals surface area contributed by atoms with Gasteiger partial charge in [0.2, 0.25) is 0 Å². The molecule has 0 aromatic rings. The molecule has 0 radical (unpaired) electrons. The molecule has 0 amide bonds. The highest BCUT2D eigenvalue weighted by molar-refractivity contribution is 5.62. The van der Waals surface area contributed by atoms with Crippen LogP contribution in [0.2, 0.25) is 0 Å². The van der Waals surface area contributed by atoms with Gasteiger partial charge >= 0.3 is 0 Å². The number of aliphatic carboxylic acids is 1. The molecule has 0 aromatic carbocycles. The van der Waals surface area contributed by atoms with Gasteiger partial charge in [0, 0.05) is 6.92 Å². The number of aliphatic hydroxyl groups is 1. The van der Waals surface area contributed by atoms with Gasteiger partial charge in [-0.1, -0.05) is 70.4 Å². The van der Waals surface area contributed by atoms with Crippen LogP contribution in [0.15, 0.2) is 24.5 Å². The molecule has 0 bridgehead atoms. The Kier molecular flexibility index (Phi) is 21.1. The summed E-state index contributed by atoms with van der Waals surface area (Å²) >= 11 is 0. The largest absolute Gasteiger partial charge is 0.516 e. The minimum absolute atomic E-state index is 0.833. The molecule has 0 saturated carbocycles. The summed E-state index contributed by atoms with van der Waals surface area (Å²) in [6, 6.07) is 0. The summed E-state index contributed by atoms with van der Waals surface area (Å²) in [5, 5.41) is 15.8. The minimum atomic E-state index is -0.833. The molecule has 2 N–H and O–H groups in total. The lowest BCUT2D eigenvalue weighted by Gasteiger charge is -2.00. The van der Waals surface area contributed by atoms with Crippen molar-refractivity contribution in [3.63, 3.8) is 0 Å². The van der Waals surface area contributed by atoms with Crippen molar-refractivity contribution in [1.29, 1.82) is 0 Å². The van der Waals surface area contributed by atoms with Crippen molar-refractivity contribution >= 4 is 5.97 Å². The van der Waals surface area contributed by atoms with Crippen LogP contribution in [0.3, 0.4) is 0 Å². The highest BCUT2D eigenvalue weighted by atomic mass is 16.4.